The number of allylic oxidation sites excluding steroid dienone is 5. The Bertz CT molecular complexity index is 462. The minimum Gasteiger partial charge on any atom is -0.478 e. The van der Waals surface area contributed by atoms with Crippen molar-refractivity contribution in [2.45, 2.75) is 66.7 Å². The van der Waals surface area contributed by atoms with Crippen LogP contribution in [-0.2, 0) is 4.79 Å². The Morgan fingerprint density at radius 2 is 1.90 bits per heavy atom. The van der Waals surface area contributed by atoms with Crippen molar-refractivity contribution < 1.29 is 9.90 Å². The predicted molar refractivity (Wildman–Crippen MR) is 89.3 cm³/mol. The Labute approximate surface area is 129 Å². The van der Waals surface area contributed by atoms with Crippen LogP contribution < -0.4 is 0 Å². The van der Waals surface area contributed by atoms with E-state index in [0.717, 1.165) is 18.4 Å². The zero-order chi connectivity index (χ0) is 16.0. The van der Waals surface area contributed by atoms with Gasteiger partial charge in [0.05, 0.1) is 0 Å². The Hall–Kier alpha value is -1.31. The summed E-state index contributed by atoms with van der Waals surface area (Å²) in [7, 11) is 0. The van der Waals surface area contributed by atoms with Crippen LogP contribution in [0.2, 0.25) is 0 Å². The first-order chi connectivity index (χ1) is 9.81. The summed E-state index contributed by atoms with van der Waals surface area (Å²) in [6.45, 7) is 10.9. The third kappa shape index (κ3) is 5.91. The number of carboxylic acid groups (broad SMARTS) is 1. The van der Waals surface area contributed by atoms with Crippen LogP contribution >= 0.6 is 0 Å². The molecular formula is C19H30O2. The van der Waals surface area contributed by atoms with Crippen molar-refractivity contribution in [3.05, 3.63) is 34.4 Å². The van der Waals surface area contributed by atoms with Crippen LogP contribution in [0.5, 0.6) is 0 Å². The van der Waals surface area contributed by atoms with Crippen molar-refractivity contribution >= 4 is 5.97 Å². The van der Waals surface area contributed by atoms with Crippen LogP contribution in [-0.4, -0.2) is 11.1 Å². The quantitative estimate of drug-likeness (QED) is 0.654. The van der Waals surface area contributed by atoms with Gasteiger partial charge in [-0.3, -0.25) is 0 Å². The molecule has 1 N–H and O–H groups in total. The average molecular weight is 290 g/mol. The topological polar surface area (TPSA) is 37.3 Å². The molecule has 0 aromatic heterocycles. The summed E-state index contributed by atoms with van der Waals surface area (Å²) in [5, 5.41) is 8.88. The van der Waals surface area contributed by atoms with Gasteiger partial charge in [-0.2, -0.15) is 0 Å². The molecule has 0 aromatic rings. The van der Waals surface area contributed by atoms with E-state index in [1.165, 1.54) is 36.5 Å². The van der Waals surface area contributed by atoms with Gasteiger partial charge in [0.1, 0.15) is 0 Å². The first-order valence-corrected chi connectivity index (χ1v) is 8.15. The van der Waals surface area contributed by atoms with Crippen LogP contribution in [0.25, 0.3) is 0 Å². The summed E-state index contributed by atoms with van der Waals surface area (Å²) >= 11 is 0. The van der Waals surface area contributed by atoms with Crippen molar-refractivity contribution in [2.24, 2.45) is 11.8 Å². The van der Waals surface area contributed by atoms with E-state index >= 15 is 0 Å². The Morgan fingerprint density at radius 3 is 2.43 bits per heavy atom. The largest absolute Gasteiger partial charge is 0.478 e. The number of hydrogen-bond donors (Lipinski definition) is 1. The Kier molecular flexibility index (Phi) is 6.94. The minimum absolute atomic E-state index is 0.583. The number of hydrogen-bond acceptors (Lipinski definition) is 1. The number of carbonyl (C=O) groups is 1. The number of rotatable bonds is 6. The smallest absolute Gasteiger partial charge is 0.328 e. The SMILES string of the molecule is CC(=C\C(=O)O)/C=C1\CCCC(C(C)C)=C1CCC(C)C. The normalized spacial score (nSPS) is 19.0. The second kappa shape index (κ2) is 8.21. The molecule has 21 heavy (non-hydrogen) atoms. The summed E-state index contributed by atoms with van der Waals surface area (Å²) in [6, 6.07) is 0. The fourth-order valence-electron chi connectivity index (χ4n) is 3.04. The van der Waals surface area contributed by atoms with Crippen LogP contribution in [0, 0.1) is 11.8 Å². The molecule has 2 nitrogen and oxygen atoms in total. The number of aliphatic carboxylic acids is 1. The van der Waals surface area contributed by atoms with Gasteiger partial charge in [0, 0.05) is 6.08 Å². The lowest BCUT2D eigenvalue weighted by Crippen LogP contribution is -2.09. The minimum atomic E-state index is -0.864. The molecular weight excluding hydrogens is 260 g/mol. The monoisotopic (exact) mass is 290 g/mol. The zero-order valence-corrected chi connectivity index (χ0v) is 14.2. The van der Waals surface area contributed by atoms with Gasteiger partial charge >= 0.3 is 5.97 Å². The molecule has 0 atom stereocenters. The maximum Gasteiger partial charge on any atom is 0.328 e. The third-order valence-electron chi connectivity index (χ3n) is 4.09. The predicted octanol–water partition coefficient (Wildman–Crippen LogP) is 5.52. The molecule has 0 aromatic carbocycles. The van der Waals surface area contributed by atoms with E-state index < -0.39 is 5.97 Å². The molecule has 1 rings (SSSR count). The summed E-state index contributed by atoms with van der Waals surface area (Å²) in [6.07, 6.45) is 9.17. The maximum absolute atomic E-state index is 10.8. The highest BCUT2D eigenvalue weighted by Crippen LogP contribution is 2.37. The van der Waals surface area contributed by atoms with E-state index in [1.54, 1.807) is 5.57 Å². The molecule has 0 spiro atoms. The van der Waals surface area contributed by atoms with Crippen molar-refractivity contribution in [2.75, 3.05) is 0 Å². The second-order valence-electron chi connectivity index (χ2n) is 6.84. The van der Waals surface area contributed by atoms with E-state index in [2.05, 4.69) is 33.8 Å². The molecule has 0 saturated heterocycles. The van der Waals surface area contributed by atoms with Gasteiger partial charge in [0.25, 0.3) is 0 Å². The highest BCUT2D eigenvalue weighted by molar-refractivity contribution is 5.81. The summed E-state index contributed by atoms with van der Waals surface area (Å²) in [5.41, 5.74) is 5.28. The highest BCUT2D eigenvalue weighted by atomic mass is 16.4. The van der Waals surface area contributed by atoms with Crippen molar-refractivity contribution in [1.82, 2.24) is 0 Å². The van der Waals surface area contributed by atoms with Gasteiger partial charge in [-0.1, -0.05) is 39.3 Å². The molecule has 1 aliphatic rings. The van der Waals surface area contributed by atoms with Crippen molar-refractivity contribution in [1.29, 1.82) is 0 Å². The maximum atomic E-state index is 10.8. The van der Waals surface area contributed by atoms with Crippen LogP contribution in [0.15, 0.2) is 34.4 Å². The standard InChI is InChI=1S/C19H30O2/c1-13(2)9-10-18-16(11-15(5)12-19(20)21)7-6-8-17(18)14(3)4/h11-14H,6-10H2,1-5H3,(H,20,21)/b15-12+,16-11+. The molecule has 0 radical (unpaired) electrons. The van der Waals surface area contributed by atoms with Crippen LogP contribution in [0.4, 0.5) is 0 Å². The fourth-order valence-corrected chi connectivity index (χ4v) is 3.04. The Balaban J connectivity index is 3.12. The fraction of sp³-hybridized carbons (Fsp3) is 0.632. The van der Waals surface area contributed by atoms with Crippen LogP contribution in [0.3, 0.4) is 0 Å². The van der Waals surface area contributed by atoms with Gasteiger partial charge in [-0.25, -0.2) is 4.79 Å². The van der Waals surface area contributed by atoms with Gasteiger partial charge in [-0.15, -0.1) is 0 Å². The molecule has 0 unspecified atom stereocenters. The summed E-state index contributed by atoms with van der Waals surface area (Å²) in [4.78, 5) is 10.8. The highest BCUT2D eigenvalue weighted by Gasteiger charge is 2.19. The van der Waals surface area contributed by atoms with Crippen molar-refractivity contribution in [3.8, 4) is 0 Å². The lowest BCUT2D eigenvalue weighted by molar-refractivity contribution is -0.131. The molecule has 118 valence electrons. The van der Waals surface area contributed by atoms with Gasteiger partial charge < -0.3 is 5.11 Å². The van der Waals surface area contributed by atoms with E-state index in [9.17, 15) is 4.79 Å². The first-order valence-electron chi connectivity index (χ1n) is 8.15. The zero-order valence-electron chi connectivity index (χ0n) is 14.2. The van der Waals surface area contributed by atoms with E-state index in [4.69, 9.17) is 5.11 Å². The van der Waals surface area contributed by atoms with Gasteiger partial charge in [-0.05, 0) is 67.6 Å². The van der Waals surface area contributed by atoms with Gasteiger partial charge in [0.15, 0.2) is 0 Å². The lowest BCUT2D eigenvalue weighted by Gasteiger charge is -2.27. The molecule has 0 bridgehead atoms. The Morgan fingerprint density at radius 1 is 1.24 bits per heavy atom. The van der Waals surface area contributed by atoms with Crippen molar-refractivity contribution in [3.63, 3.8) is 0 Å². The lowest BCUT2D eigenvalue weighted by atomic mass is 9.79. The molecule has 1 aliphatic carbocycles. The molecule has 2 heteroatoms. The molecule has 0 amide bonds. The van der Waals surface area contributed by atoms with Crippen LogP contribution in [0.1, 0.15) is 66.7 Å². The molecule has 0 fully saturated rings. The third-order valence-corrected chi connectivity index (χ3v) is 4.09. The molecule has 0 aliphatic heterocycles. The van der Waals surface area contributed by atoms with Gasteiger partial charge in [0.2, 0.25) is 0 Å². The summed E-state index contributed by atoms with van der Waals surface area (Å²) < 4.78 is 0. The van der Waals surface area contributed by atoms with E-state index in [-0.39, 0.29) is 0 Å². The summed E-state index contributed by atoms with van der Waals surface area (Å²) in [5.74, 6) is 0.418. The second-order valence-corrected chi connectivity index (χ2v) is 6.84. The number of carboxylic acids is 1. The molecule has 0 saturated carbocycles. The first kappa shape index (κ1) is 17.7. The van der Waals surface area contributed by atoms with E-state index in [0.29, 0.717) is 11.8 Å². The van der Waals surface area contributed by atoms with E-state index in [1.807, 2.05) is 6.92 Å². The average Bonchev–Trinajstić information content (AvgIpc) is 2.35. The molecule has 0 heterocycles.